The van der Waals surface area contributed by atoms with E-state index in [0.29, 0.717) is 29.2 Å². The third kappa shape index (κ3) is 3.99. The first-order valence-electron chi connectivity index (χ1n) is 7.10. The van der Waals surface area contributed by atoms with E-state index < -0.39 is 0 Å². The number of aryl methyl sites for hydroxylation is 1. The molecule has 1 amide bonds. The van der Waals surface area contributed by atoms with Crippen LogP contribution in [0.15, 0.2) is 21.3 Å². The minimum atomic E-state index is -0.147. The van der Waals surface area contributed by atoms with Gasteiger partial charge in [0.25, 0.3) is 0 Å². The van der Waals surface area contributed by atoms with Gasteiger partial charge in [-0.15, -0.1) is 10.2 Å². The molecule has 0 radical (unpaired) electrons. The maximum atomic E-state index is 11.9. The molecule has 1 N–H and O–H groups in total. The lowest BCUT2D eigenvalue weighted by Crippen LogP contribution is -2.12. The minimum absolute atomic E-state index is 0.147. The van der Waals surface area contributed by atoms with Gasteiger partial charge >= 0.3 is 0 Å². The number of anilines is 1. The fourth-order valence-electron chi connectivity index (χ4n) is 1.79. The van der Waals surface area contributed by atoms with Crippen LogP contribution in [-0.2, 0) is 11.2 Å². The Bertz CT molecular complexity index is 779. The second-order valence-corrected chi connectivity index (χ2v) is 6.96. The molecule has 0 aromatic carbocycles. The first-order valence-corrected chi connectivity index (χ1v) is 8.86. The predicted octanol–water partition coefficient (Wildman–Crippen LogP) is 3.34. The number of carbonyl (C=O) groups is 1. The van der Waals surface area contributed by atoms with Gasteiger partial charge in [0.2, 0.25) is 22.8 Å². The Hall–Kier alpha value is -2.13. The van der Waals surface area contributed by atoms with Crippen molar-refractivity contribution in [1.29, 1.82) is 0 Å². The summed E-state index contributed by atoms with van der Waals surface area (Å²) in [5.41, 5.74) is 0.921. The number of carbonyl (C=O) groups excluding carboxylic acids is 1. The van der Waals surface area contributed by atoms with Crippen LogP contribution in [0.2, 0.25) is 0 Å². The van der Waals surface area contributed by atoms with Gasteiger partial charge in [-0.05, 0) is 11.4 Å². The molecular formula is C14H15N5O2S2. The van der Waals surface area contributed by atoms with Crippen LogP contribution < -0.4 is 5.32 Å². The fourth-order valence-corrected chi connectivity index (χ4v) is 3.18. The van der Waals surface area contributed by atoms with Gasteiger partial charge in [0, 0.05) is 29.7 Å². The molecule has 7 nitrogen and oxygen atoms in total. The quantitative estimate of drug-likeness (QED) is 0.733. The van der Waals surface area contributed by atoms with Gasteiger partial charge in [-0.1, -0.05) is 30.3 Å². The van der Waals surface area contributed by atoms with Crippen molar-refractivity contribution in [2.24, 2.45) is 0 Å². The van der Waals surface area contributed by atoms with Crippen LogP contribution in [0, 0.1) is 0 Å². The van der Waals surface area contributed by atoms with Gasteiger partial charge < -0.3 is 9.84 Å². The SMILES string of the molecule is CC(C)c1nnc(NC(=O)CCc2nc(-c3ccsc3)no2)s1. The third-order valence-electron chi connectivity index (χ3n) is 2.99. The summed E-state index contributed by atoms with van der Waals surface area (Å²) in [6.45, 7) is 4.07. The normalized spacial score (nSPS) is 11.1. The van der Waals surface area contributed by atoms with Gasteiger partial charge in [0.15, 0.2) is 0 Å². The summed E-state index contributed by atoms with van der Waals surface area (Å²) in [5.74, 6) is 1.15. The molecule has 0 spiro atoms. The molecule has 3 heterocycles. The van der Waals surface area contributed by atoms with Crippen molar-refractivity contribution >= 4 is 33.7 Å². The van der Waals surface area contributed by atoms with Gasteiger partial charge in [-0.25, -0.2) is 0 Å². The summed E-state index contributed by atoms with van der Waals surface area (Å²) in [4.78, 5) is 16.2. The summed E-state index contributed by atoms with van der Waals surface area (Å²) >= 11 is 2.96. The van der Waals surface area contributed by atoms with Crippen molar-refractivity contribution < 1.29 is 9.32 Å². The summed E-state index contributed by atoms with van der Waals surface area (Å²) in [6.07, 6.45) is 0.640. The molecule has 0 aliphatic rings. The standard InChI is InChI=1S/C14H15N5O2S2/c1-8(2)13-17-18-14(23-13)15-10(20)3-4-11-16-12(19-21-11)9-5-6-22-7-9/h5-8H,3-4H2,1-2H3,(H,15,18,20). The molecular weight excluding hydrogens is 334 g/mol. The molecule has 0 fully saturated rings. The zero-order valence-electron chi connectivity index (χ0n) is 12.6. The summed E-state index contributed by atoms with van der Waals surface area (Å²) in [5, 5.41) is 20.0. The van der Waals surface area contributed by atoms with Crippen molar-refractivity contribution in [2.75, 3.05) is 5.32 Å². The number of amides is 1. The van der Waals surface area contributed by atoms with Crippen molar-refractivity contribution in [3.63, 3.8) is 0 Å². The number of nitrogens with zero attached hydrogens (tertiary/aromatic N) is 4. The topological polar surface area (TPSA) is 93.8 Å². The number of nitrogens with one attached hydrogen (secondary N) is 1. The monoisotopic (exact) mass is 349 g/mol. The predicted molar refractivity (Wildman–Crippen MR) is 88.6 cm³/mol. The smallest absolute Gasteiger partial charge is 0.227 e. The van der Waals surface area contributed by atoms with Crippen LogP contribution in [0.1, 0.15) is 37.1 Å². The van der Waals surface area contributed by atoms with Gasteiger partial charge in [-0.2, -0.15) is 16.3 Å². The minimum Gasteiger partial charge on any atom is -0.339 e. The van der Waals surface area contributed by atoms with Crippen LogP contribution in [0.25, 0.3) is 11.4 Å². The zero-order chi connectivity index (χ0) is 16.2. The van der Waals surface area contributed by atoms with Crippen LogP contribution >= 0.6 is 22.7 Å². The molecule has 120 valence electrons. The Labute approximate surface area is 140 Å². The lowest BCUT2D eigenvalue weighted by atomic mass is 10.2. The van der Waals surface area contributed by atoms with Crippen LogP contribution in [0.3, 0.4) is 0 Å². The first kappa shape index (κ1) is 15.8. The lowest BCUT2D eigenvalue weighted by Gasteiger charge is -1.98. The average Bonchev–Trinajstić information content (AvgIpc) is 3.25. The summed E-state index contributed by atoms with van der Waals surface area (Å²) in [6, 6.07) is 1.92. The number of hydrogen-bond acceptors (Lipinski definition) is 8. The molecule has 9 heteroatoms. The van der Waals surface area contributed by atoms with Crippen LogP contribution in [0.5, 0.6) is 0 Å². The highest BCUT2D eigenvalue weighted by atomic mass is 32.1. The van der Waals surface area contributed by atoms with E-state index >= 15 is 0 Å². The molecule has 3 aromatic heterocycles. The molecule has 0 saturated carbocycles. The third-order valence-corrected chi connectivity index (χ3v) is 4.82. The zero-order valence-corrected chi connectivity index (χ0v) is 14.3. The molecule has 0 bridgehead atoms. The van der Waals surface area contributed by atoms with E-state index in [1.165, 1.54) is 11.3 Å². The Morgan fingerprint density at radius 2 is 2.26 bits per heavy atom. The largest absolute Gasteiger partial charge is 0.339 e. The van der Waals surface area contributed by atoms with E-state index in [-0.39, 0.29) is 12.3 Å². The van der Waals surface area contributed by atoms with Gasteiger partial charge in [0.05, 0.1) is 0 Å². The van der Waals surface area contributed by atoms with Crippen LogP contribution in [0.4, 0.5) is 5.13 Å². The molecule has 0 saturated heterocycles. The number of aromatic nitrogens is 4. The summed E-state index contributed by atoms with van der Waals surface area (Å²) in [7, 11) is 0. The highest BCUT2D eigenvalue weighted by molar-refractivity contribution is 7.15. The number of rotatable bonds is 6. The maximum Gasteiger partial charge on any atom is 0.227 e. The van der Waals surface area contributed by atoms with Gasteiger partial charge in [-0.3, -0.25) is 4.79 Å². The van der Waals surface area contributed by atoms with E-state index in [1.807, 2.05) is 30.7 Å². The second kappa shape index (κ2) is 6.97. The Balaban J connectivity index is 1.52. The average molecular weight is 349 g/mol. The van der Waals surface area contributed by atoms with E-state index in [9.17, 15) is 4.79 Å². The number of thiophene rings is 1. The van der Waals surface area contributed by atoms with Crippen molar-refractivity contribution in [1.82, 2.24) is 20.3 Å². The van der Waals surface area contributed by atoms with Crippen molar-refractivity contribution in [3.05, 3.63) is 27.7 Å². The fraction of sp³-hybridized carbons (Fsp3) is 0.357. The van der Waals surface area contributed by atoms with E-state index in [0.717, 1.165) is 10.6 Å². The summed E-state index contributed by atoms with van der Waals surface area (Å²) < 4.78 is 5.16. The van der Waals surface area contributed by atoms with Gasteiger partial charge in [0.1, 0.15) is 5.01 Å². The van der Waals surface area contributed by atoms with E-state index in [1.54, 1.807) is 11.3 Å². The van der Waals surface area contributed by atoms with Crippen molar-refractivity contribution in [2.45, 2.75) is 32.6 Å². The Morgan fingerprint density at radius 3 is 2.96 bits per heavy atom. The molecule has 3 rings (SSSR count). The Morgan fingerprint density at radius 1 is 1.39 bits per heavy atom. The molecule has 0 unspecified atom stereocenters. The molecule has 0 aliphatic heterocycles. The second-order valence-electron chi connectivity index (χ2n) is 5.17. The van der Waals surface area contributed by atoms with E-state index in [2.05, 4.69) is 25.7 Å². The molecule has 23 heavy (non-hydrogen) atoms. The highest BCUT2D eigenvalue weighted by Crippen LogP contribution is 2.22. The molecule has 3 aromatic rings. The van der Waals surface area contributed by atoms with E-state index in [4.69, 9.17) is 4.52 Å². The van der Waals surface area contributed by atoms with Crippen molar-refractivity contribution in [3.8, 4) is 11.4 Å². The number of hydrogen-bond donors (Lipinski definition) is 1. The molecule has 0 aliphatic carbocycles. The molecule has 0 atom stereocenters. The first-order chi connectivity index (χ1) is 11.1. The highest BCUT2D eigenvalue weighted by Gasteiger charge is 2.13. The lowest BCUT2D eigenvalue weighted by molar-refractivity contribution is -0.116. The maximum absolute atomic E-state index is 11.9. The van der Waals surface area contributed by atoms with Crippen LogP contribution in [-0.4, -0.2) is 26.2 Å². The Kier molecular flexibility index (Phi) is 4.77.